The van der Waals surface area contributed by atoms with Gasteiger partial charge in [0.1, 0.15) is 0 Å². The van der Waals surface area contributed by atoms with Gasteiger partial charge < -0.3 is 0 Å². The molecule has 1 aromatic heterocycles. The number of aromatic nitrogens is 2. The fourth-order valence-electron chi connectivity index (χ4n) is 2.46. The van der Waals surface area contributed by atoms with Crippen molar-refractivity contribution >= 4 is 23.5 Å². The third-order valence-corrected chi connectivity index (χ3v) is 5.67. The third-order valence-electron chi connectivity index (χ3n) is 3.51. The molecule has 0 fully saturated rings. The van der Waals surface area contributed by atoms with Crippen LogP contribution in [0.25, 0.3) is 0 Å². The van der Waals surface area contributed by atoms with E-state index in [0.29, 0.717) is 6.54 Å². The second-order valence-corrected chi connectivity index (χ2v) is 7.14. The standard InChI is InChI=1S/C16H18N2OS2/c1-3-18-15(19)14-13(7-8-20-14)17-16(18)21-10-12-6-4-5-11(2)9-12/h4-6,9H,3,7-8,10H2,1-2H3. The summed E-state index contributed by atoms with van der Waals surface area (Å²) in [5.41, 5.74) is 3.66. The SMILES string of the molecule is CCn1c(SCc2cccc(C)c2)nc2c(c1=O)SCC2. The molecular weight excluding hydrogens is 300 g/mol. The predicted molar refractivity (Wildman–Crippen MR) is 89.3 cm³/mol. The number of hydrogen-bond donors (Lipinski definition) is 0. The summed E-state index contributed by atoms with van der Waals surface area (Å²) >= 11 is 3.30. The largest absolute Gasteiger partial charge is 0.287 e. The molecule has 0 atom stereocenters. The molecule has 3 nitrogen and oxygen atoms in total. The minimum atomic E-state index is 0.136. The molecule has 0 bridgehead atoms. The van der Waals surface area contributed by atoms with E-state index in [-0.39, 0.29) is 5.56 Å². The Morgan fingerprint density at radius 2 is 2.29 bits per heavy atom. The highest BCUT2D eigenvalue weighted by Gasteiger charge is 2.21. The van der Waals surface area contributed by atoms with E-state index in [0.717, 1.165) is 33.7 Å². The molecule has 1 aromatic carbocycles. The lowest BCUT2D eigenvalue weighted by atomic mass is 10.2. The molecule has 0 aliphatic carbocycles. The maximum absolute atomic E-state index is 12.5. The first-order chi connectivity index (χ1) is 10.2. The van der Waals surface area contributed by atoms with Gasteiger partial charge in [0.2, 0.25) is 0 Å². The normalized spacial score (nSPS) is 13.4. The van der Waals surface area contributed by atoms with Crippen LogP contribution in [-0.2, 0) is 18.7 Å². The molecule has 0 saturated heterocycles. The van der Waals surface area contributed by atoms with Crippen LogP contribution in [0.3, 0.4) is 0 Å². The second kappa shape index (κ2) is 6.28. The molecule has 2 heterocycles. The van der Waals surface area contributed by atoms with Gasteiger partial charge in [-0.05, 0) is 19.4 Å². The summed E-state index contributed by atoms with van der Waals surface area (Å²) in [6.45, 7) is 4.78. The van der Waals surface area contributed by atoms with Gasteiger partial charge in [-0.1, -0.05) is 41.6 Å². The van der Waals surface area contributed by atoms with Gasteiger partial charge in [0.25, 0.3) is 5.56 Å². The minimum absolute atomic E-state index is 0.136. The molecule has 0 spiro atoms. The van der Waals surface area contributed by atoms with Crippen molar-refractivity contribution in [2.45, 2.75) is 42.6 Å². The van der Waals surface area contributed by atoms with E-state index in [1.807, 2.05) is 6.92 Å². The van der Waals surface area contributed by atoms with Crippen molar-refractivity contribution in [1.29, 1.82) is 0 Å². The fraction of sp³-hybridized carbons (Fsp3) is 0.375. The van der Waals surface area contributed by atoms with Gasteiger partial charge in [-0.15, -0.1) is 11.8 Å². The van der Waals surface area contributed by atoms with Crippen molar-refractivity contribution in [3.8, 4) is 0 Å². The maximum atomic E-state index is 12.5. The number of hydrogen-bond acceptors (Lipinski definition) is 4. The molecule has 0 unspecified atom stereocenters. The first-order valence-electron chi connectivity index (χ1n) is 7.14. The Morgan fingerprint density at radius 3 is 3.05 bits per heavy atom. The average Bonchev–Trinajstić information content (AvgIpc) is 2.94. The number of nitrogens with zero attached hydrogens (tertiary/aromatic N) is 2. The van der Waals surface area contributed by atoms with E-state index in [4.69, 9.17) is 4.98 Å². The lowest BCUT2D eigenvalue weighted by molar-refractivity contribution is 0.597. The Bertz CT molecular complexity index is 725. The molecule has 3 rings (SSSR count). The highest BCUT2D eigenvalue weighted by atomic mass is 32.2. The van der Waals surface area contributed by atoms with Crippen molar-refractivity contribution in [3.63, 3.8) is 0 Å². The average molecular weight is 318 g/mol. The number of fused-ring (bicyclic) bond motifs is 1. The minimum Gasteiger partial charge on any atom is -0.287 e. The van der Waals surface area contributed by atoms with Crippen LogP contribution in [0.4, 0.5) is 0 Å². The Labute approximate surface area is 133 Å². The fourth-order valence-corrected chi connectivity index (χ4v) is 4.53. The zero-order valence-corrected chi connectivity index (χ0v) is 13.9. The molecule has 1 aliphatic rings. The molecule has 21 heavy (non-hydrogen) atoms. The molecular formula is C16H18N2OS2. The van der Waals surface area contributed by atoms with Crippen LogP contribution in [0, 0.1) is 6.92 Å². The lowest BCUT2D eigenvalue weighted by Crippen LogP contribution is -2.24. The van der Waals surface area contributed by atoms with E-state index in [9.17, 15) is 4.79 Å². The quantitative estimate of drug-likeness (QED) is 0.638. The van der Waals surface area contributed by atoms with Gasteiger partial charge in [-0.25, -0.2) is 4.98 Å². The highest BCUT2D eigenvalue weighted by Crippen LogP contribution is 2.29. The summed E-state index contributed by atoms with van der Waals surface area (Å²) in [5.74, 6) is 1.83. The lowest BCUT2D eigenvalue weighted by Gasteiger charge is -2.11. The van der Waals surface area contributed by atoms with Gasteiger partial charge in [-0.3, -0.25) is 9.36 Å². The third kappa shape index (κ3) is 3.04. The van der Waals surface area contributed by atoms with Gasteiger partial charge in [0, 0.05) is 24.5 Å². The molecule has 5 heteroatoms. The molecule has 110 valence electrons. The number of rotatable bonds is 4. The Kier molecular flexibility index (Phi) is 4.40. The van der Waals surface area contributed by atoms with Crippen LogP contribution in [-0.4, -0.2) is 15.3 Å². The van der Waals surface area contributed by atoms with Crippen molar-refractivity contribution in [1.82, 2.24) is 9.55 Å². The van der Waals surface area contributed by atoms with Gasteiger partial charge in [0.05, 0.1) is 10.6 Å². The van der Waals surface area contributed by atoms with Crippen molar-refractivity contribution in [2.24, 2.45) is 0 Å². The Hall–Kier alpha value is -1.20. The van der Waals surface area contributed by atoms with E-state index in [1.54, 1.807) is 28.1 Å². The zero-order chi connectivity index (χ0) is 14.8. The van der Waals surface area contributed by atoms with Crippen LogP contribution >= 0.6 is 23.5 Å². The van der Waals surface area contributed by atoms with Crippen molar-refractivity contribution in [3.05, 3.63) is 51.4 Å². The van der Waals surface area contributed by atoms with Gasteiger partial charge in [-0.2, -0.15) is 0 Å². The van der Waals surface area contributed by atoms with E-state index >= 15 is 0 Å². The molecule has 0 N–H and O–H groups in total. The van der Waals surface area contributed by atoms with Crippen LogP contribution in [0.15, 0.2) is 39.1 Å². The molecule has 0 amide bonds. The Morgan fingerprint density at radius 1 is 1.43 bits per heavy atom. The monoisotopic (exact) mass is 318 g/mol. The zero-order valence-electron chi connectivity index (χ0n) is 12.3. The number of aryl methyl sites for hydroxylation is 2. The van der Waals surface area contributed by atoms with E-state index < -0.39 is 0 Å². The molecule has 1 aliphatic heterocycles. The smallest absolute Gasteiger partial charge is 0.268 e. The van der Waals surface area contributed by atoms with E-state index in [2.05, 4.69) is 31.2 Å². The summed E-state index contributed by atoms with van der Waals surface area (Å²) in [4.78, 5) is 18.1. The van der Waals surface area contributed by atoms with Gasteiger partial charge in [0.15, 0.2) is 5.16 Å². The van der Waals surface area contributed by atoms with Crippen molar-refractivity contribution < 1.29 is 0 Å². The summed E-state index contributed by atoms with van der Waals surface area (Å²) in [6.07, 6.45) is 0.914. The topological polar surface area (TPSA) is 34.9 Å². The first-order valence-corrected chi connectivity index (χ1v) is 9.11. The summed E-state index contributed by atoms with van der Waals surface area (Å²) in [6, 6.07) is 8.48. The molecule has 0 radical (unpaired) electrons. The van der Waals surface area contributed by atoms with Crippen LogP contribution in [0.2, 0.25) is 0 Å². The molecule has 0 saturated carbocycles. The summed E-state index contributed by atoms with van der Waals surface area (Å²) < 4.78 is 1.80. The van der Waals surface area contributed by atoms with Crippen LogP contribution in [0.5, 0.6) is 0 Å². The molecule has 2 aromatic rings. The number of thioether (sulfide) groups is 2. The van der Waals surface area contributed by atoms with Gasteiger partial charge >= 0.3 is 0 Å². The highest BCUT2D eigenvalue weighted by molar-refractivity contribution is 7.99. The van der Waals surface area contributed by atoms with Crippen molar-refractivity contribution in [2.75, 3.05) is 5.75 Å². The summed E-state index contributed by atoms with van der Waals surface area (Å²) in [7, 11) is 0. The van der Waals surface area contributed by atoms with E-state index in [1.165, 1.54) is 11.1 Å². The summed E-state index contributed by atoms with van der Waals surface area (Å²) in [5, 5.41) is 0.852. The van der Waals surface area contributed by atoms with Crippen LogP contribution in [0.1, 0.15) is 23.7 Å². The predicted octanol–water partition coefficient (Wildman–Crippen LogP) is 3.51. The second-order valence-electron chi connectivity index (χ2n) is 5.10. The Balaban J connectivity index is 1.88. The van der Waals surface area contributed by atoms with Crippen LogP contribution < -0.4 is 5.56 Å². The number of benzene rings is 1. The maximum Gasteiger partial charge on any atom is 0.268 e. The first kappa shape index (κ1) is 14.7.